The van der Waals surface area contributed by atoms with Gasteiger partial charge in [-0.25, -0.2) is 4.98 Å². The first kappa shape index (κ1) is 18.1. The summed E-state index contributed by atoms with van der Waals surface area (Å²) in [5, 5.41) is 11.1. The van der Waals surface area contributed by atoms with Gasteiger partial charge in [0.15, 0.2) is 5.82 Å². The predicted molar refractivity (Wildman–Crippen MR) is 99.9 cm³/mol. The zero-order valence-electron chi connectivity index (χ0n) is 15.7. The van der Waals surface area contributed by atoms with Crippen molar-refractivity contribution in [3.05, 3.63) is 28.2 Å². The van der Waals surface area contributed by atoms with Crippen molar-refractivity contribution in [1.29, 1.82) is 0 Å². The highest BCUT2D eigenvalue weighted by atomic mass is 32.1. The van der Waals surface area contributed by atoms with E-state index < -0.39 is 0 Å². The lowest BCUT2D eigenvalue weighted by molar-refractivity contribution is -0.131. The van der Waals surface area contributed by atoms with Gasteiger partial charge in [0.05, 0.1) is 35.8 Å². The molecule has 0 aromatic carbocycles. The van der Waals surface area contributed by atoms with E-state index in [1.54, 1.807) is 17.7 Å². The Kier molecular flexibility index (Phi) is 4.94. The zero-order valence-corrected chi connectivity index (χ0v) is 16.5. The summed E-state index contributed by atoms with van der Waals surface area (Å²) in [5.74, 6) is 0.975. The summed E-state index contributed by atoms with van der Waals surface area (Å²) < 4.78 is 2.00. The number of amides is 2. The van der Waals surface area contributed by atoms with Crippen molar-refractivity contribution in [3.63, 3.8) is 0 Å². The average molecular weight is 388 g/mol. The number of aromatic nitrogens is 4. The van der Waals surface area contributed by atoms with Crippen LogP contribution in [-0.2, 0) is 29.1 Å². The van der Waals surface area contributed by atoms with Crippen LogP contribution in [0.25, 0.3) is 0 Å². The maximum atomic E-state index is 12.8. The van der Waals surface area contributed by atoms with Crippen molar-refractivity contribution in [1.82, 2.24) is 29.5 Å². The number of hydrogen-bond acceptors (Lipinski definition) is 6. The maximum absolute atomic E-state index is 12.8. The number of fused-ring (bicyclic) bond motifs is 1. The summed E-state index contributed by atoms with van der Waals surface area (Å²) in [7, 11) is 0. The summed E-state index contributed by atoms with van der Waals surface area (Å²) >= 11 is 1.56. The number of carbonyl (C=O) groups excluding carboxylic acids is 2. The van der Waals surface area contributed by atoms with Crippen LogP contribution in [0.4, 0.5) is 0 Å². The molecule has 2 fully saturated rings. The number of hydrogen-bond donors (Lipinski definition) is 0. The molecule has 0 unspecified atom stereocenters. The third kappa shape index (κ3) is 3.47. The van der Waals surface area contributed by atoms with Crippen LogP contribution < -0.4 is 0 Å². The van der Waals surface area contributed by atoms with Gasteiger partial charge in [-0.15, -0.1) is 21.5 Å². The highest BCUT2D eigenvalue weighted by Crippen LogP contribution is 2.33. The molecule has 4 heterocycles. The van der Waals surface area contributed by atoms with Crippen molar-refractivity contribution in [2.45, 2.75) is 64.7 Å². The van der Waals surface area contributed by atoms with Crippen molar-refractivity contribution < 1.29 is 9.59 Å². The van der Waals surface area contributed by atoms with Gasteiger partial charge in [0, 0.05) is 24.9 Å². The van der Waals surface area contributed by atoms with Crippen LogP contribution in [0.1, 0.15) is 42.7 Å². The second-order valence-electron chi connectivity index (χ2n) is 7.21. The highest BCUT2D eigenvalue weighted by molar-refractivity contribution is 7.09. The minimum Gasteiger partial charge on any atom is -0.337 e. The molecule has 27 heavy (non-hydrogen) atoms. The minimum absolute atomic E-state index is 0.0349. The molecule has 2 aliphatic heterocycles. The molecule has 2 amide bonds. The molecule has 0 aliphatic carbocycles. The highest BCUT2D eigenvalue weighted by Gasteiger charge is 2.48. The molecule has 2 aliphatic rings. The van der Waals surface area contributed by atoms with Crippen LogP contribution >= 0.6 is 11.3 Å². The quantitative estimate of drug-likeness (QED) is 0.747. The van der Waals surface area contributed by atoms with Gasteiger partial charge in [-0.1, -0.05) is 6.92 Å². The summed E-state index contributed by atoms with van der Waals surface area (Å²) in [4.78, 5) is 33.6. The second kappa shape index (κ2) is 7.38. The van der Waals surface area contributed by atoms with E-state index in [-0.39, 0.29) is 23.9 Å². The Morgan fingerprint density at radius 1 is 1.37 bits per heavy atom. The third-order valence-electron chi connectivity index (χ3n) is 5.41. The topological polar surface area (TPSA) is 84.2 Å². The maximum Gasteiger partial charge on any atom is 0.228 e. The number of nitrogens with zero attached hydrogens (tertiary/aromatic N) is 6. The fraction of sp³-hybridized carbons (Fsp3) is 0.611. The second-order valence-corrected chi connectivity index (χ2v) is 8.27. The van der Waals surface area contributed by atoms with Crippen molar-refractivity contribution >= 4 is 23.2 Å². The molecular formula is C18H24N6O2S. The van der Waals surface area contributed by atoms with Gasteiger partial charge in [0.2, 0.25) is 11.8 Å². The van der Waals surface area contributed by atoms with E-state index in [2.05, 4.69) is 22.1 Å². The Bertz CT molecular complexity index is 847. The molecule has 0 bridgehead atoms. The molecule has 9 heteroatoms. The molecule has 0 saturated carbocycles. The SMILES string of the molecule is CCCn1cnnc1CN1C(=O)C[C@H]2[C@@H]1CCN2C(=O)Cc1csc(C)n1. The van der Waals surface area contributed by atoms with Gasteiger partial charge >= 0.3 is 0 Å². The molecule has 0 N–H and O–H groups in total. The Morgan fingerprint density at radius 2 is 2.22 bits per heavy atom. The summed E-state index contributed by atoms with van der Waals surface area (Å²) in [5.41, 5.74) is 0.819. The van der Waals surface area contributed by atoms with Crippen molar-refractivity contribution in [2.24, 2.45) is 0 Å². The predicted octanol–water partition coefficient (Wildman–Crippen LogP) is 1.40. The van der Waals surface area contributed by atoms with Crippen LogP contribution in [0.5, 0.6) is 0 Å². The Labute approximate surface area is 162 Å². The first-order valence-electron chi connectivity index (χ1n) is 9.43. The van der Waals surface area contributed by atoms with E-state index in [0.717, 1.165) is 35.9 Å². The lowest BCUT2D eigenvalue weighted by Gasteiger charge is -2.25. The standard InChI is InChI=1S/C18H24N6O2S/c1-3-5-22-11-19-21-16(22)9-24-14-4-6-23(15(14)8-18(24)26)17(25)7-13-10-27-12(2)20-13/h10-11,14-15H,3-9H2,1-2H3/t14-,15-/m0/s1. The summed E-state index contributed by atoms with van der Waals surface area (Å²) in [6.07, 6.45) is 4.24. The lowest BCUT2D eigenvalue weighted by atomic mass is 10.1. The largest absolute Gasteiger partial charge is 0.337 e. The molecule has 2 aromatic rings. The van der Waals surface area contributed by atoms with E-state index in [1.807, 2.05) is 26.7 Å². The first-order valence-corrected chi connectivity index (χ1v) is 10.3. The zero-order chi connectivity index (χ0) is 19.0. The molecule has 4 rings (SSSR count). The number of thiazole rings is 1. The smallest absolute Gasteiger partial charge is 0.228 e. The third-order valence-corrected chi connectivity index (χ3v) is 6.23. The number of carbonyl (C=O) groups is 2. The molecule has 0 radical (unpaired) electrons. The minimum atomic E-state index is -0.0349. The van der Waals surface area contributed by atoms with Gasteiger partial charge in [0.1, 0.15) is 6.33 Å². The molecule has 2 aromatic heterocycles. The monoisotopic (exact) mass is 388 g/mol. The van der Waals surface area contributed by atoms with E-state index in [9.17, 15) is 9.59 Å². The van der Waals surface area contributed by atoms with Crippen LogP contribution in [0.2, 0.25) is 0 Å². The number of rotatable bonds is 6. The van der Waals surface area contributed by atoms with Gasteiger partial charge in [-0.05, 0) is 19.8 Å². The Balaban J connectivity index is 1.44. The van der Waals surface area contributed by atoms with Gasteiger partial charge < -0.3 is 14.4 Å². The van der Waals surface area contributed by atoms with Crippen LogP contribution in [0.15, 0.2) is 11.7 Å². The van der Waals surface area contributed by atoms with E-state index >= 15 is 0 Å². The molecule has 8 nitrogen and oxygen atoms in total. The molecular weight excluding hydrogens is 364 g/mol. The normalized spacial score (nSPS) is 21.9. The molecule has 144 valence electrons. The fourth-order valence-electron chi connectivity index (χ4n) is 4.17. The van der Waals surface area contributed by atoms with Gasteiger partial charge in [-0.3, -0.25) is 9.59 Å². The van der Waals surface area contributed by atoms with Crippen LogP contribution in [0, 0.1) is 6.92 Å². The summed E-state index contributed by atoms with van der Waals surface area (Å²) in [6, 6.07) is 0.0395. The molecule has 2 saturated heterocycles. The summed E-state index contributed by atoms with van der Waals surface area (Å²) in [6.45, 7) is 6.05. The van der Waals surface area contributed by atoms with Crippen LogP contribution in [0.3, 0.4) is 0 Å². The Hall–Kier alpha value is -2.29. The van der Waals surface area contributed by atoms with E-state index in [1.165, 1.54) is 0 Å². The van der Waals surface area contributed by atoms with E-state index in [4.69, 9.17) is 0 Å². The first-order chi connectivity index (χ1) is 13.1. The van der Waals surface area contributed by atoms with E-state index in [0.29, 0.717) is 25.9 Å². The Morgan fingerprint density at radius 3 is 2.96 bits per heavy atom. The lowest BCUT2D eigenvalue weighted by Crippen LogP contribution is -2.40. The number of likely N-dealkylation sites (tertiary alicyclic amines) is 2. The van der Waals surface area contributed by atoms with Crippen LogP contribution in [-0.4, -0.2) is 60.0 Å². The van der Waals surface area contributed by atoms with Gasteiger partial charge in [-0.2, -0.15) is 0 Å². The molecule has 0 spiro atoms. The van der Waals surface area contributed by atoms with Crippen molar-refractivity contribution in [2.75, 3.05) is 6.54 Å². The molecule has 2 atom stereocenters. The fourth-order valence-corrected chi connectivity index (χ4v) is 4.78. The van der Waals surface area contributed by atoms with Crippen molar-refractivity contribution in [3.8, 4) is 0 Å². The average Bonchev–Trinajstić information content (AvgIpc) is 3.38. The number of aryl methyl sites for hydroxylation is 2. The van der Waals surface area contributed by atoms with Gasteiger partial charge in [0.25, 0.3) is 0 Å².